The molecule has 1 spiro atoms. The number of ether oxygens (including phenoxy) is 2. The highest BCUT2D eigenvalue weighted by Gasteiger charge is 2.45. The van der Waals surface area contributed by atoms with Crippen LogP contribution in [0.25, 0.3) is 0 Å². The van der Waals surface area contributed by atoms with Crippen molar-refractivity contribution < 1.29 is 14.3 Å². The van der Waals surface area contributed by atoms with E-state index in [0.717, 1.165) is 25.8 Å². The number of aromatic nitrogens is 1. The molecule has 2 fully saturated rings. The molecule has 2 aliphatic heterocycles. The summed E-state index contributed by atoms with van der Waals surface area (Å²) in [5, 5.41) is 0. The number of hydrogen-bond donors (Lipinski definition) is 0. The van der Waals surface area contributed by atoms with Gasteiger partial charge in [0.25, 0.3) is 0 Å². The standard InChI is InChI=1S/C17H25N3O3/c1-19(2)11-16(21)20-9-5-7-17(13-20)10-14(12-22-17)23-15-6-3-4-8-18-15/h3-4,6,8,14H,5,7,9-13H2,1-2H3/t14-,17+/m0/s1. The molecule has 2 aliphatic rings. The molecule has 6 nitrogen and oxygen atoms in total. The Labute approximate surface area is 137 Å². The van der Waals surface area contributed by atoms with E-state index in [0.29, 0.717) is 25.6 Å². The highest BCUT2D eigenvalue weighted by molar-refractivity contribution is 5.78. The third kappa shape index (κ3) is 4.00. The quantitative estimate of drug-likeness (QED) is 0.834. The van der Waals surface area contributed by atoms with Gasteiger partial charge in [-0.1, -0.05) is 6.07 Å². The van der Waals surface area contributed by atoms with Gasteiger partial charge < -0.3 is 19.3 Å². The number of hydrogen-bond acceptors (Lipinski definition) is 5. The van der Waals surface area contributed by atoms with E-state index in [2.05, 4.69) is 4.98 Å². The highest BCUT2D eigenvalue weighted by atomic mass is 16.6. The number of likely N-dealkylation sites (N-methyl/N-ethyl adjacent to an activating group) is 1. The number of pyridine rings is 1. The number of amides is 1. The molecule has 126 valence electrons. The van der Waals surface area contributed by atoms with E-state index in [1.165, 1.54) is 0 Å². The molecule has 2 atom stereocenters. The van der Waals surface area contributed by atoms with Gasteiger partial charge in [0.15, 0.2) is 0 Å². The predicted octanol–water partition coefficient (Wildman–Crippen LogP) is 1.17. The average Bonchev–Trinajstić information content (AvgIpc) is 2.90. The number of rotatable bonds is 4. The SMILES string of the molecule is CN(C)CC(=O)N1CCC[C@@]2(C[C@H](Oc3ccccn3)CO2)C1. The van der Waals surface area contributed by atoms with Crippen LogP contribution in [0.1, 0.15) is 19.3 Å². The van der Waals surface area contributed by atoms with Crippen LogP contribution in [0.15, 0.2) is 24.4 Å². The molecular weight excluding hydrogens is 294 g/mol. The van der Waals surface area contributed by atoms with Crippen LogP contribution in [0.4, 0.5) is 0 Å². The topological polar surface area (TPSA) is 54.9 Å². The van der Waals surface area contributed by atoms with Crippen molar-refractivity contribution in [3.63, 3.8) is 0 Å². The van der Waals surface area contributed by atoms with E-state index in [9.17, 15) is 4.79 Å². The summed E-state index contributed by atoms with van der Waals surface area (Å²) in [4.78, 5) is 20.4. The molecule has 2 saturated heterocycles. The Morgan fingerprint density at radius 2 is 2.39 bits per heavy atom. The smallest absolute Gasteiger partial charge is 0.236 e. The fraction of sp³-hybridized carbons (Fsp3) is 0.647. The zero-order valence-corrected chi connectivity index (χ0v) is 13.9. The summed E-state index contributed by atoms with van der Waals surface area (Å²) < 4.78 is 12.0. The lowest BCUT2D eigenvalue weighted by Gasteiger charge is -2.40. The third-order valence-corrected chi connectivity index (χ3v) is 4.44. The van der Waals surface area contributed by atoms with Crippen molar-refractivity contribution in [3.05, 3.63) is 24.4 Å². The summed E-state index contributed by atoms with van der Waals surface area (Å²) in [5.41, 5.74) is -0.250. The molecule has 0 aromatic carbocycles. The molecule has 0 radical (unpaired) electrons. The first kappa shape index (κ1) is 16.2. The van der Waals surface area contributed by atoms with Crippen molar-refractivity contribution in [1.29, 1.82) is 0 Å². The minimum atomic E-state index is -0.250. The Kier molecular flexibility index (Phi) is 4.82. The summed E-state index contributed by atoms with van der Waals surface area (Å²) in [6.07, 6.45) is 4.52. The third-order valence-electron chi connectivity index (χ3n) is 4.44. The average molecular weight is 319 g/mol. The lowest BCUT2D eigenvalue weighted by Crippen LogP contribution is -2.52. The number of carbonyl (C=O) groups excluding carboxylic acids is 1. The van der Waals surface area contributed by atoms with E-state index in [4.69, 9.17) is 9.47 Å². The van der Waals surface area contributed by atoms with Crippen molar-refractivity contribution >= 4 is 5.91 Å². The molecule has 1 amide bonds. The number of nitrogens with zero attached hydrogens (tertiary/aromatic N) is 3. The van der Waals surface area contributed by atoms with Crippen molar-refractivity contribution in [2.45, 2.75) is 31.0 Å². The van der Waals surface area contributed by atoms with Crippen LogP contribution in [0, 0.1) is 0 Å². The minimum Gasteiger partial charge on any atom is -0.472 e. The Bertz CT molecular complexity index is 537. The number of piperidine rings is 1. The van der Waals surface area contributed by atoms with E-state index in [-0.39, 0.29) is 17.6 Å². The first-order chi connectivity index (χ1) is 11.1. The van der Waals surface area contributed by atoms with Crippen LogP contribution in [-0.2, 0) is 9.53 Å². The summed E-state index contributed by atoms with van der Waals surface area (Å²) in [5.74, 6) is 0.807. The number of carbonyl (C=O) groups is 1. The van der Waals surface area contributed by atoms with Gasteiger partial charge in [-0.15, -0.1) is 0 Å². The normalized spacial score (nSPS) is 27.6. The Morgan fingerprint density at radius 1 is 1.52 bits per heavy atom. The maximum atomic E-state index is 12.3. The van der Waals surface area contributed by atoms with Crippen molar-refractivity contribution in [3.8, 4) is 5.88 Å². The van der Waals surface area contributed by atoms with Crippen LogP contribution in [-0.4, -0.2) is 72.7 Å². The molecule has 1 aromatic rings. The lowest BCUT2D eigenvalue weighted by atomic mass is 9.89. The molecule has 3 rings (SSSR count). The summed E-state index contributed by atoms with van der Waals surface area (Å²) >= 11 is 0. The Hall–Kier alpha value is -1.66. The summed E-state index contributed by atoms with van der Waals surface area (Å²) in [7, 11) is 3.83. The Balaban J connectivity index is 1.58. The van der Waals surface area contributed by atoms with Crippen molar-refractivity contribution in [1.82, 2.24) is 14.8 Å². The van der Waals surface area contributed by atoms with Crippen LogP contribution in [0.2, 0.25) is 0 Å². The predicted molar refractivity (Wildman–Crippen MR) is 86.3 cm³/mol. The molecule has 23 heavy (non-hydrogen) atoms. The molecular formula is C17H25N3O3. The molecule has 3 heterocycles. The lowest BCUT2D eigenvalue weighted by molar-refractivity contribution is -0.139. The van der Waals surface area contributed by atoms with Gasteiger partial charge in [0.1, 0.15) is 6.10 Å². The van der Waals surface area contributed by atoms with E-state index in [1.54, 1.807) is 6.20 Å². The fourth-order valence-corrected chi connectivity index (χ4v) is 3.43. The highest BCUT2D eigenvalue weighted by Crippen LogP contribution is 2.36. The van der Waals surface area contributed by atoms with Crippen molar-refractivity contribution in [2.75, 3.05) is 40.3 Å². The maximum Gasteiger partial charge on any atom is 0.236 e. The van der Waals surface area contributed by atoms with Crippen LogP contribution < -0.4 is 4.74 Å². The fourth-order valence-electron chi connectivity index (χ4n) is 3.43. The minimum absolute atomic E-state index is 0.00815. The van der Waals surface area contributed by atoms with Crippen LogP contribution in [0.5, 0.6) is 5.88 Å². The van der Waals surface area contributed by atoms with Gasteiger partial charge in [0, 0.05) is 31.8 Å². The van der Waals surface area contributed by atoms with Gasteiger partial charge in [-0.2, -0.15) is 0 Å². The zero-order chi connectivity index (χ0) is 16.3. The number of likely N-dealkylation sites (tertiary alicyclic amines) is 1. The molecule has 0 N–H and O–H groups in total. The molecule has 6 heteroatoms. The molecule has 1 aromatic heterocycles. The largest absolute Gasteiger partial charge is 0.472 e. The Morgan fingerprint density at radius 3 is 3.13 bits per heavy atom. The monoisotopic (exact) mass is 319 g/mol. The van der Waals surface area contributed by atoms with Gasteiger partial charge in [0.2, 0.25) is 11.8 Å². The van der Waals surface area contributed by atoms with E-state index < -0.39 is 0 Å². The first-order valence-electron chi connectivity index (χ1n) is 8.20. The van der Waals surface area contributed by atoms with Gasteiger partial charge in [-0.25, -0.2) is 4.98 Å². The molecule has 0 aliphatic carbocycles. The van der Waals surface area contributed by atoms with Crippen molar-refractivity contribution in [2.24, 2.45) is 0 Å². The van der Waals surface area contributed by atoms with Crippen LogP contribution in [0.3, 0.4) is 0 Å². The van der Waals surface area contributed by atoms with Gasteiger partial charge in [-0.05, 0) is 33.0 Å². The molecule has 0 saturated carbocycles. The molecule has 0 bridgehead atoms. The first-order valence-corrected chi connectivity index (χ1v) is 8.20. The van der Waals surface area contributed by atoms with Gasteiger partial charge in [0.05, 0.1) is 18.8 Å². The van der Waals surface area contributed by atoms with E-state index in [1.807, 2.05) is 42.1 Å². The van der Waals surface area contributed by atoms with Gasteiger partial charge >= 0.3 is 0 Å². The van der Waals surface area contributed by atoms with E-state index >= 15 is 0 Å². The zero-order valence-electron chi connectivity index (χ0n) is 13.9. The van der Waals surface area contributed by atoms with Crippen LogP contribution >= 0.6 is 0 Å². The molecule has 0 unspecified atom stereocenters. The second-order valence-electron chi connectivity index (χ2n) is 6.76. The maximum absolute atomic E-state index is 12.3. The van der Waals surface area contributed by atoms with Gasteiger partial charge in [-0.3, -0.25) is 4.79 Å². The second kappa shape index (κ2) is 6.84. The summed E-state index contributed by atoms with van der Waals surface area (Å²) in [6.45, 7) is 2.50. The summed E-state index contributed by atoms with van der Waals surface area (Å²) in [6, 6.07) is 5.64. The second-order valence-corrected chi connectivity index (χ2v) is 6.76.